The van der Waals surface area contributed by atoms with Gasteiger partial charge in [0.15, 0.2) is 9.84 Å². The number of sulfone groups is 1. The lowest BCUT2D eigenvalue weighted by Crippen LogP contribution is -2.44. The molecule has 0 spiro atoms. The Bertz CT molecular complexity index is 394. The second-order valence-electron chi connectivity index (χ2n) is 5.43. The third kappa shape index (κ3) is 5.40. The average molecular weight is 305 g/mol. The highest BCUT2D eigenvalue weighted by molar-refractivity contribution is 7.92. The average Bonchev–Trinajstić information content (AvgIpc) is 2.68. The van der Waals surface area contributed by atoms with Crippen molar-refractivity contribution in [2.24, 2.45) is 0 Å². The molecule has 1 saturated carbocycles. The van der Waals surface area contributed by atoms with Gasteiger partial charge in [-0.25, -0.2) is 8.42 Å². The van der Waals surface area contributed by atoms with Crippen molar-refractivity contribution in [2.75, 3.05) is 19.4 Å². The number of rotatable bonds is 7. The minimum absolute atomic E-state index is 0.0279. The molecule has 1 fully saturated rings. The summed E-state index contributed by atoms with van der Waals surface area (Å²) in [6.07, 6.45) is 5.67. The summed E-state index contributed by atoms with van der Waals surface area (Å²) < 4.78 is 29.5. The molecule has 0 heterocycles. The van der Waals surface area contributed by atoms with Crippen LogP contribution in [0.3, 0.4) is 0 Å². The molecule has 20 heavy (non-hydrogen) atoms. The van der Waals surface area contributed by atoms with E-state index in [0.717, 1.165) is 38.6 Å². The number of esters is 1. The molecule has 5 nitrogen and oxygen atoms in total. The lowest BCUT2D eigenvalue weighted by Gasteiger charge is -2.26. The standard InChI is InChI=1S/C14H27NO4S/c1-3-10-15-12-7-5-4-6-8-13(12)20(17,18)11-9-14(16)19-2/h12-13,15H,3-11H2,1-2H3. The number of methoxy groups -OCH3 is 1. The summed E-state index contributed by atoms with van der Waals surface area (Å²) in [5.41, 5.74) is 0. The summed E-state index contributed by atoms with van der Waals surface area (Å²) in [6, 6.07) is 0.0279. The Labute approximate surface area is 122 Å². The van der Waals surface area contributed by atoms with Gasteiger partial charge < -0.3 is 10.1 Å². The quantitative estimate of drug-likeness (QED) is 0.572. The molecule has 0 aromatic rings. The first-order chi connectivity index (χ1) is 9.51. The molecular weight excluding hydrogens is 278 g/mol. The molecule has 0 saturated heterocycles. The zero-order valence-corrected chi connectivity index (χ0v) is 13.4. The first-order valence-electron chi connectivity index (χ1n) is 7.53. The number of nitrogens with one attached hydrogen (secondary N) is 1. The van der Waals surface area contributed by atoms with E-state index in [2.05, 4.69) is 17.0 Å². The van der Waals surface area contributed by atoms with Crippen molar-refractivity contribution in [2.45, 2.75) is 63.2 Å². The molecule has 1 aliphatic carbocycles. The minimum atomic E-state index is -3.25. The number of carbonyl (C=O) groups is 1. The van der Waals surface area contributed by atoms with E-state index in [4.69, 9.17) is 0 Å². The van der Waals surface area contributed by atoms with E-state index in [1.807, 2.05) is 0 Å². The van der Waals surface area contributed by atoms with Crippen molar-refractivity contribution in [1.82, 2.24) is 5.32 Å². The van der Waals surface area contributed by atoms with Crippen molar-refractivity contribution >= 4 is 15.8 Å². The summed E-state index contributed by atoms with van der Waals surface area (Å²) in [5, 5.41) is 3.01. The van der Waals surface area contributed by atoms with Crippen molar-refractivity contribution in [3.63, 3.8) is 0 Å². The summed E-state index contributed by atoms with van der Waals surface area (Å²) in [5.74, 6) is -0.561. The maximum atomic E-state index is 12.5. The van der Waals surface area contributed by atoms with E-state index in [0.29, 0.717) is 6.42 Å². The van der Waals surface area contributed by atoms with Crippen LogP contribution in [0.4, 0.5) is 0 Å². The Kier molecular flexibility index (Phi) is 7.51. The highest BCUT2D eigenvalue weighted by Gasteiger charge is 2.34. The predicted octanol–water partition coefficient (Wildman–Crippen LogP) is 1.67. The maximum absolute atomic E-state index is 12.5. The number of hydrogen-bond donors (Lipinski definition) is 1. The number of hydrogen-bond acceptors (Lipinski definition) is 5. The molecule has 0 aliphatic heterocycles. The van der Waals surface area contributed by atoms with E-state index < -0.39 is 15.8 Å². The largest absolute Gasteiger partial charge is 0.469 e. The third-order valence-electron chi connectivity index (χ3n) is 3.89. The Hall–Kier alpha value is -0.620. The molecule has 0 aromatic carbocycles. The normalized spacial score (nSPS) is 24.1. The minimum Gasteiger partial charge on any atom is -0.469 e. The molecule has 118 valence electrons. The topological polar surface area (TPSA) is 72.5 Å². The van der Waals surface area contributed by atoms with Crippen LogP contribution >= 0.6 is 0 Å². The lowest BCUT2D eigenvalue weighted by atomic mass is 10.1. The molecular formula is C14H27NO4S. The van der Waals surface area contributed by atoms with E-state index in [1.165, 1.54) is 7.11 Å². The zero-order valence-electron chi connectivity index (χ0n) is 12.6. The molecule has 2 atom stereocenters. The van der Waals surface area contributed by atoms with Crippen molar-refractivity contribution in [3.05, 3.63) is 0 Å². The summed E-state index contributed by atoms with van der Waals surface area (Å²) in [6.45, 7) is 2.91. The zero-order chi connectivity index (χ0) is 15.0. The predicted molar refractivity (Wildman–Crippen MR) is 79.4 cm³/mol. The molecule has 6 heteroatoms. The van der Waals surface area contributed by atoms with Crippen molar-refractivity contribution < 1.29 is 17.9 Å². The highest BCUT2D eigenvalue weighted by atomic mass is 32.2. The van der Waals surface area contributed by atoms with Gasteiger partial charge >= 0.3 is 5.97 Å². The van der Waals surface area contributed by atoms with Crippen molar-refractivity contribution in [3.8, 4) is 0 Å². The first-order valence-corrected chi connectivity index (χ1v) is 9.24. The van der Waals surface area contributed by atoms with E-state index >= 15 is 0 Å². The Morgan fingerprint density at radius 3 is 2.60 bits per heavy atom. The molecule has 0 amide bonds. The van der Waals surface area contributed by atoms with Crippen LogP contribution in [0.2, 0.25) is 0 Å². The second-order valence-corrected chi connectivity index (χ2v) is 7.77. The Morgan fingerprint density at radius 1 is 1.25 bits per heavy atom. The van der Waals surface area contributed by atoms with Gasteiger partial charge in [-0.05, 0) is 25.8 Å². The first kappa shape index (κ1) is 17.4. The van der Waals surface area contributed by atoms with Crippen LogP contribution in [0.1, 0.15) is 51.9 Å². The van der Waals surface area contributed by atoms with Crippen LogP contribution in [0.15, 0.2) is 0 Å². The van der Waals surface area contributed by atoms with Crippen LogP contribution < -0.4 is 5.32 Å². The van der Waals surface area contributed by atoms with E-state index in [1.54, 1.807) is 0 Å². The smallest absolute Gasteiger partial charge is 0.306 e. The molecule has 0 aromatic heterocycles. The third-order valence-corrected chi connectivity index (χ3v) is 6.15. The molecule has 0 radical (unpaired) electrons. The summed E-state index contributed by atoms with van der Waals surface area (Å²) in [4.78, 5) is 11.2. The fourth-order valence-electron chi connectivity index (χ4n) is 2.75. The van der Waals surface area contributed by atoms with Crippen LogP contribution in [0.5, 0.6) is 0 Å². The van der Waals surface area contributed by atoms with Gasteiger partial charge in [0, 0.05) is 6.04 Å². The summed E-state index contributed by atoms with van der Waals surface area (Å²) in [7, 11) is -1.97. The summed E-state index contributed by atoms with van der Waals surface area (Å²) >= 11 is 0. The van der Waals surface area contributed by atoms with Gasteiger partial charge in [-0.2, -0.15) is 0 Å². The van der Waals surface area contributed by atoms with E-state index in [-0.39, 0.29) is 23.5 Å². The molecule has 2 unspecified atom stereocenters. The van der Waals surface area contributed by atoms with Gasteiger partial charge in [0.25, 0.3) is 0 Å². The maximum Gasteiger partial charge on any atom is 0.306 e. The second kappa shape index (κ2) is 8.62. The van der Waals surface area contributed by atoms with Crippen LogP contribution in [-0.2, 0) is 19.4 Å². The highest BCUT2D eigenvalue weighted by Crippen LogP contribution is 2.24. The van der Waals surface area contributed by atoms with Gasteiger partial charge in [0.1, 0.15) is 0 Å². The molecule has 1 N–H and O–H groups in total. The number of carbonyl (C=O) groups excluding carboxylic acids is 1. The van der Waals surface area contributed by atoms with Gasteiger partial charge in [0.05, 0.1) is 24.5 Å². The van der Waals surface area contributed by atoms with Crippen LogP contribution in [0.25, 0.3) is 0 Å². The fraction of sp³-hybridized carbons (Fsp3) is 0.929. The molecule has 1 aliphatic rings. The fourth-order valence-corrected chi connectivity index (χ4v) is 4.76. The lowest BCUT2D eigenvalue weighted by molar-refractivity contribution is -0.140. The Morgan fingerprint density at radius 2 is 1.95 bits per heavy atom. The van der Waals surface area contributed by atoms with E-state index in [9.17, 15) is 13.2 Å². The van der Waals surface area contributed by atoms with Crippen molar-refractivity contribution in [1.29, 1.82) is 0 Å². The van der Waals surface area contributed by atoms with Gasteiger partial charge in [-0.15, -0.1) is 0 Å². The molecule has 0 bridgehead atoms. The molecule has 1 rings (SSSR count). The SMILES string of the molecule is CCCNC1CCCCCC1S(=O)(=O)CCC(=O)OC. The number of ether oxygens (including phenoxy) is 1. The Balaban J connectivity index is 2.72. The van der Waals surface area contributed by atoms with Gasteiger partial charge in [-0.3, -0.25) is 4.79 Å². The van der Waals surface area contributed by atoms with Gasteiger partial charge in [-0.1, -0.05) is 26.2 Å². The van der Waals surface area contributed by atoms with Crippen LogP contribution in [0, 0.1) is 0 Å². The van der Waals surface area contributed by atoms with Crippen LogP contribution in [-0.4, -0.2) is 45.1 Å². The van der Waals surface area contributed by atoms with Gasteiger partial charge in [0.2, 0.25) is 0 Å². The monoisotopic (exact) mass is 305 g/mol.